The van der Waals surface area contributed by atoms with Crippen LogP contribution in [0.15, 0.2) is 52.4 Å². The Morgan fingerprint density at radius 2 is 1.87 bits per heavy atom. The Balaban J connectivity index is 1.86. The lowest BCUT2D eigenvalue weighted by molar-refractivity contribution is -0.115. The van der Waals surface area contributed by atoms with Crippen molar-refractivity contribution >= 4 is 46.2 Å². The maximum atomic E-state index is 12.1. The van der Waals surface area contributed by atoms with E-state index in [1.807, 2.05) is 50.3 Å². The Morgan fingerprint density at radius 1 is 1.13 bits per heavy atom. The van der Waals surface area contributed by atoms with Gasteiger partial charge in [0.2, 0.25) is 0 Å². The average molecular weight is 343 g/mol. The predicted octanol–water partition coefficient (Wildman–Crippen LogP) is 4.85. The topological polar surface area (TPSA) is 41.5 Å². The van der Waals surface area contributed by atoms with Gasteiger partial charge in [-0.25, -0.2) is 4.99 Å². The van der Waals surface area contributed by atoms with Gasteiger partial charge in [-0.3, -0.25) is 4.79 Å². The van der Waals surface area contributed by atoms with Crippen LogP contribution in [-0.4, -0.2) is 11.1 Å². The fraction of sp³-hybridized carbons (Fsp3) is 0.111. The van der Waals surface area contributed by atoms with Crippen LogP contribution in [0, 0.1) is 13.8 Å². The number of rotatable bonds is 2. The van der Waals surface area contributed by atoms with Gasteiger partial charge in [0.15, 0.2) is 5.17 Å². The monoisotopic (exact) mass is 342 g/mol. The first kappa shape index (κ1) is 15.8. The Kier molecular flexibility index (Phi) is 4.55. The molecule has 3 nitrogen and oxygen atoms in total. The van der Waals surface area contributed by atoms with Gasteiger partial charge in [-0.05, 0) is 66.6 Å². The van der Waals surface area contributed by atoms with Crippen LogP contribution >= 0.6 is 23.4 Å². The number of nitrogens with zero attached hydrogens (tertiary/aromatic N) is 1. The van der Waals surface area contributed by atoms with Crippen molar-refractivity contribution in [1.82, 2.24) is 5.32 Å². The normalized spacial score (nSPS) is 17.8. The number of hydrogen-bond donors (Lipinski definition) is 1. The van der Waals surface area contributed by atoms with Crippen molar-refractivity contribution in [3.63, 3.8) is 0 Å². The predicted molar refractivity (Wildman–Crippen MR) is 98.2 cm³/mol. The van der Waals surface area contributed by atoms with Crippen LogP contribution in [0.1, 0.15) is 16.7 Å². The zero-order chi connectivity index (χ0) is 16.4. The van der Waals surface area contributed by atoms with Crippen LogP contribution in [-0.2, 0) is 4.79 Å². The summed E-state index contributed by atoms with van der Waals surface area (Å²) in [6.07, 6.45) is 1.84. The lowest BCUT2D eigenvalue weighted by atomic mass is 10.1. The summed E-state index contributed by atoms with van der Waals surface area (Å²) in [5.41, 5.74) is 4.02. The quantitative estimate of drug-likeness (QED) is 0.793. The number of amidine groups is 1. The van der Waals surface area contributed by atoms with Crippen LogP contribution in [0.3, 0.4) is 0 Å². The lowest BCUT2D eigenvalue weighted by Gasteiger charge is -2.02. The fourth-order valence-corrected chi connectivity index (χ4v) is 3.10. The van der Waals surface area contributed by atoms with Gasteiger partial charge in [0.25, 0.3) is 5.91 Å². The highest BCUT2D eigenvalue weighted by Crippen LogP contribution is 2.29. The number of carbonyl (C=O) groups is 1. The molecule has 0 saturated carbocycles. The average Bonchev–Trinajstić information content (AvgIpc) is 2.85. The van der Waals surface area contributed by atoms with Gasteiger partial charge < -0.3 is 5.32 Å². The van der Waals surface area contributed by atoms with Crippen LogP contribution < -0.4 is 5.32 Å². The molecule has 1 saturated heterocycles. The second-order valence-corrected chi connectivity index (χ2v) is 6.79. The molecule has 0 aliphatic carbocycles. The Morgan fingerprint density at radius 3 is 2.61 bits per heavy atom. The molecule has 1 heterocycles. The molecular formula is C18H15ClN2OS. The molecule has 1 fully saturated rings. The SMILES string of the molecule is Cc1ccc(C)c(N=C2NC(=O)/C(=C/c3ccc(Cl)cc3)S2)c1. The maximum absolute atomic E-state index is 12.1. The summed E-state index contributed by atoms with van der Waals surface area (Å²) in [7, 11) is 0. The molecular weight excluding hydrogens is 328 g/mol. The van der Waals surface area contributed by atoms with E-state index in [0.29, 0.717) is 15.1 Å². The van der Waals surface area contributed by atoms with Crippen molar-refractivity contribution in [2.45, 2.75) is 13.8 Å². The molecule has 0 atom stereocenters. The molecule has 2 aromatic rings. The number of hydrogen-bond acceptors (Lipinski definition) is 3. The number of benzene rings is 2. The zero-order valence-electron chi connectivity index (χ0n) is 12.8. The molecule has 1 aliphatic heterocycles. The Labute approximate surface area is 144 Å². The molecule has 0 aromatic heterocycles. The van der Waals surface area contributed by atoms with Crippen molar-refractivity contribution in [2.75, 3.05) is 0 Å². The molecule has 0 unspecified atom stereocenters. The third-order valence-corrected chi connectivity index (χ3v) is 4.57. The third-order valence-electron chi connectivity index (χ3n) is 3.41. The van der Waals surface area contributed by atoms with Crippen molar-refractivity contribution < 1.29 is 4.79 Å². The summed E-state index contributed by atoms with van der Waals surface area (Å²) < 4.78 is 0. The molecule has 1 amide bonds. The van der Waals surface area contributed by atoms with E-state index in [2.05, 4.69) is 10.3 Å². The van der Waals surface area contributed by atoms with Crippen LogP contribution in [0.25, 0.3) is 6.08 Å². The molecule has 1 N–H and O–H groups in total. The van der Waals surface area contributed by atoms with Crippen molar-refractivity contribution in [3.8, 4) is 0 Å². The smallest absolute Gasteiger partial charge is 0.264 e. The van der Waals surface area contributed by atoms with Gasteiger partial charge in [-0.15, -0.1) is 0 Å². The van der Waals surface area contributed by atoms with Crippen LogP contribution in [0.5, 0.6) is 0 Å². The zero-order valence-corrected chi connectivity index (χ0v) is 14.3. The van der Waals surface area contributed by atoms with E-state index in [1.54, 1.807) is 12.1 Å². The summed E-state index contributed by atoms with van der Waals surface area (Å²) in [5.74, 6) is -0.131. The van der Waals surface area contributed by atoms with Gasteiger partial charge in [-0.2, -0.15) is 0 Å². The lowest BCUT2D eigenvalue weighted by Crippen LogP contribution is -2.19. The molecule has 0 radical (unpaired) electrons. The number of amides is 1. The van der Waals surface area contributed by atoms with Gasteiger partial charge >= 0.3 is 0 Å². The van der Waals surface area contributed by atoms with E-state index in [1.165, 1.54) is 11.8 Å². The van der Waals surface area contributed by atoms with E-state index >= 15 is 0 Å². The summed E-state index contributed by atoms with van der Waals surface area (Å²) >= 11 is 7.22. The number of nitrogens with one attached hydrogen (secondary N) is 1. The maximum Gasteiger partial charge on any atom is 0.264 e. The summed E-state index contributed by atoms with van der Waals surface area (Å²) in [4.78, 5) is 17.3. The van der Waals surface area contributed by atoms with Crippen LogP contribution in [0.4, 0.5) is 5.69 Å². The highest BCUT2D eigenvalue weighted by molar-refractivity contribution is 8.18. The van der Waals surface area contributed by atoms with E-state index in [4.69, 9.17) is 11.6 Å². The molecule has 5 heteroatoms. The van der Waals surface area contributed by atoms with E-state index < -0.39 is 0 Å². The largest absolute Gasteiger partial charge is 0.300 e. The molecule has 1 aliphatic rings. The van der Waals surface area contributed by atoms with E-state index in [9.17, 15) is 4.79 Å². The number of thioether (sulfide) groups is 1. The number of aliphatic imine (C=N–C) groups is 1. The number of carbonyl (C=O) groups excluding carboxylic acids is 1. The minimum absolute atomic E-state index is 0.131. The Bertz CT molecular complexity index is 825. The van der Waals surface area contributed by atoms with E-state index in [0.717, 1.165) is 22.4 Å². The summed E-state index contributed by atoms with van der Waals surface area (Å²) in [5, 5.41) is 4.09. The standard InChI is InChI=1S/C18H15ClN2OS/c1-11-3-4-12(2)15(9-11)20-18-21-17(22)16(23-18)10-13-5-7-14(19)8-6-13/h3-10H,1-2H3,(H,20,21,22)/b16-10-. The summed E-state index contributed by atoms with van der Waals surface area (Å²) in [6, 6.07) is 13.4. The number of halogens is 1. The van der Waals surface area contributed by atoms with Crippen molar-refractivity contribution in [2.24, 2.45) is 4.99 Å². The second kappa shape index (κ2) is 6.60. The molecule has 23 heavy (non-hydrogen) atoms. The second-order valence-electron chi connectivity index (χ2n) is 5.32. The molecule has 0 spiro atoms. The Hall–Kier alpha value is -2.04. The molecule has 116 valence electrons. The summed E-state index contributed by atoms with van der Waals surface area (Å²) in [6.45, 7) is 4.03. The van der Waals surface area contributed by atoms with Crippen molar-refractivity contribution in [3.05, 3.63) is 69.1 Å². The molecule has 0 bridgehead atoms. The number of aryl methyl sites for hydroxylation is 2. The highest BCUT2D eigenvalue weighted by atomic mass is 35.5. The minimum atomic E-state index is -0.131. The molecule has 3 rings (SSSR count). The highest BCUT2D eigenvalue weighted by Gasteiger charge is 2.23. The van der Waals surface area contributed by atoms with Gasteiger partial charge in [0.05, 0.1) is 10.6 Å². The first-order valence-corrected chi connectivity index (χ1v) is 8.33. The first-order valence-electron chi connectivity index (χ1n) is 7.14. The van der Waals surface area contributed by atoms with Crippen LogP contribution in [0.2, 0.25) is 5.02 Å². The van der Waals surface area contributed by atoms with Gasteiger partial charge in [-0.1, -0.05) is 35.9 Å². The fourth-order valence-electron chi connectivity index (χ4n) is 2.14. The van der Waals surface area contributed by atoms with Gasteiger partial charge in [0, 0.05) is 5.02 Å². The van der Waals surface area contributed by atoms with Crippen molar-refractivity contribution in [1.29, 1.82) is 0 Å². The van der Waals surface area contributed by atoms with Gasteiger partial charge in [0.1, 0.15) is 0 Å². The third kappa shape index (κ3) is 3.84. The van der Waals surface area contributed by atoms with E-state index in [-0.39, 0.29) is 5.91 Å². The first-order chi connectivity index (χ1) is 11.0. The molecule has 2 aromatic carbocycles. The minimum Gasteiger partial charge on any atom is -0.300 e.